The Bertz CT molecular complexity index is 117. The van der Waals surface area contributed by atoms with Crippen molar-refractivity contribution >= 4 is 6.09 Å². The SMILES string of the molecule is CC#N.CCOC(=O)NC. The highest BCUT2D eigenvalue weighted by atomic mass is 16.5. The van der Waals surface area contributed by atoms with E-state index in [0.717, 1.165) is 0 Å². The third kappa shape index (κ3) is 15.9. The van der Waals surface area contributed by atoms with Crippen LogP contribution in [0.25, 0.3) is 0 Å². The summed E-state index contributed by atoms with van der Waals surface area (Å²) in [6.45, 7) is 3.62. The van der Waals surface area contributed by atoms with Crippen molar-refractivity contribution < 1.29 is 9.53 Å². The van der Waals surface area contributed by atoms with Gasteiger partial charge < -0.3 is 10.1 Å². The smallest absolute Gasteiger partial charge is 0.406 e. The molecule has 0 atom stereocenters. The Morgan fingerprint density at radius 3 is 2.30 bits per heavy atom. The lowest BCUT2D eigenvalue weighted by atomic mass is 10.9. The van der Waals surface area contributed by atoms with Crippen LogP contribution in [0.4, 0.5) is 4.79 Å². The third-order valence-corrected chi connectivity index (χ3v) is 0.480. The molecule has 0 aromatic rings. The Morgan fingerprint density at radius 2 is 2.20 bits per heavy atom. The van der Waals surface area contributed by atoms with Crippen LogP contribution < -0.4 is 5.32 Å². The molecule has 0 rings (SSSR count). The number of amides is 1. The fraction of sp³-hybridized carbons (Fsp3) is 0.667. The summed E-state index contributed by atoms with van der Waals surface area (Å²) in [4.78, 5) is 10.1. The van der Waals surface area contributed by atoms with Gasteiger partial charge in [0.15, 0.2) is 0 Å². The van der Waals surface area contributed by atoms with E-state index in [9.17, 15) is 4.79 Å². The van der Waals surface area contributed by atoms with E-state index in [4.69, 9.17) is 5.26 Å². The van der Waals surface area contributed by atoms with Gasteiger partial charge in [-0.3, -0.25) is 0 Å². The molecule has 0 aliphatic carbocycles. The maximum absolute atomic E-state index is 10.1. The van der Waals surface area contributed by atoms with Gasteiger partial charge in [0, 0.05) is 14.0 Å². The lowest BCUT2D eigenvalue weighted by Crippen LogP contribution is -2.18. The normalized spacial score (nSPS) is 6.20. The van der Waals surface area contributed by atoms with Gasteiger partial charge >= 0.3 is 6.09 Å². The molecule has 0 saturated carbocycles. The van der Waals surface area contributed by atoms with Gasteiger partial charge in [-0.25, -0.2) is 4.79 Å². The molecule has 10 heavy (non-hydrogen) atoms. The minimum atomic E-state index is -0.373. The fourth-order valence-electron chi connectivity index (χ4n) is 0.203. The summed E-state index contributed by atoms with van der Waals surface area (Å²) in [5, 5.41) is 9.62. The molecule has 0 aromatic heterocycles. The van der Waals surface area contributed by atoms with Crippen molar-refractivity contribution in [3.8, 4) is 6.07 Å². The largest absolute Gasteiger partial charge is 0.450 e. The Hall–Kier alpha value is -1.24. The van der Waals surface area contributed by atoms with E-state index in [1.165, 1.54) is 14.0 Å². The average Bonchev–Trinajstić information content (AvgIpc) is 1.90. The van der Waals surface area contributed by atoms with E-state index in [0.29, 0.717) is 6.61 Å². The Balaban J connectivity index is 0. The van der Waals surface area contributed by atoms with Crippen LogP contribution in [0.15, 0.2) is 0 Å². The molecule has 0 bridgehead atoms. The summed E-state index contributed by atoms with van der Waals surface area (Å²) in [7, 11) is 1.53. The summed E-state index contributed by atoms with van der Waals surface area (Å²) in [6, 6.07) is 1.75. The number of alkyl carbamates (subject to hydrolysis) is 1. The van der Waals surface area contributed by atoms with Crippen LogP contribution in [0.5, 0.6) is 0 Å². The summed E-state index contributed by atoms with van der Waals surface area (Å²) in [5.74, 6) is 0. The molecule has 4 heteroatoms. The van der Waals surface area contributed by atoms with Crippen LogP contribution in [0.2, 0.25) is 0 Å². The summed E-state index contributed by atoms with van der Waals surface area (Å²) in [5.41, 5.74) is 0. The summed E-state index contributed by atoms with van der Waals surface area (Å²) in [6.07, 6.45) is -0.373. The predicted octanol–water partition coefficient (Wildman–Crippen LogP) is 0.892. The van der Waals surface area contributed by atoms with Crippen molar-refractivity contribution in [1.82, 2.24) is 5.32 Å². The maximum Gasteiger partial charge on any atom is 0.406 e. The zero-order valence-electron chi connectivity index (χ0n) is 6.47. The number of rotatable bonds is 1. The molecule has 1 amide bonds. The van der Waals surface area contributed by atoms with Crippen LogP contribution in [-0.4, -0.2) is 19.7 Å². The Labute approximate surface area is 60.8 Å². The first-order valence-corrected chi connectivity index (χ1v) is 2.88. The van der Waals surface area contributed by atoms with E-state index in [-0.39, 0.29) is 6.09 Å². The number of nitriles is 1. The van der Waals surface area contributed by atoms with Gasteiger partial charge in [-0.2, -0.15) is 5.26 Å². The average molecular weight is 144 g/mol. The maximum atomic E-state index is 10.1. The van der Waals surface area contributed by atoms with Crippen molar-refractivity contribution in [2.45, 2.75) is 13.8 Å². The highest BCUT2D eigenvalue weighted by molar-refractivity contribution is 5.66. The highest BCUT2D eigenvalue weighted by Gasteiger charge is 1.89. The molecule has 58 valence electrons. The van der Waals surface area contributed by atoms with Crippen molar-refractivity contribution in [2.75, 3.05) is 13.7 Å². The van der Waals surface area contributed by atoms with E-state index in [1.807, 2.05) is 0 Å². The fourth-order valence-corrected chi connectivity index (χ4v) is 0.203. The first-order chi connectivity index (χ1) is 4.72. The molecule has 0 radical (unpaired) electrons. The molecule has 1 N–H and O–H groups in total. The van der Waals surface area contributed by atoms with Crippen LogP contribution in [0.1, 0.15) is 13.8 Å². The second-order valence-electron chi connectivity index (χ2n) is 1.19. The second kappa shape index (κ2) is 10.7. The molecule has 0 saturated heterocycles. The minimum Gasteiger partial charge on any atom is -0.450 e. The molecular weight excluding hydrogens is 132 g/mol. The van der Waals surface area contributed by atoms with Crippen LogP contribution >= 0.6 is 0 Å². The number of ether oxygens (including phenoxy) is 1. The van der Waals surface area contributed by atoms with Gasteiger partial charge in [-0.1, -0.05) is 0 Å². The van der Waals surface area contributed by atoms with Crippen molar-refractivity contribution in [3.63, 3.8) is 0 Å². The van der Waals surface area contributed by atoms with Crippen LogP contribution in [-0.2, 0) is 4.74 Å². The first-order valence-electron chi connectivity index (χ1n) is 2.88. The van der Waals surface area contributed by atoms with Crippen molar-refractivity contribution in [3.05, 3.63) is 0 Å². The number of nitrogens with zero attached hydrogens (tertiary/aromatic N) is 1. The van der Waals surface area contributed by atoms with Gasteiger partial charge in [0.25, 0.3) is 0 Å². The number of hydrogen-bond acceptors (Lipinski definition) is 3. The topological polar surface area (TPSA) is 62.1 Å². The zero-order chi connectivity index (χ0) is 8.41. The first kappa shape index (κ1) is 11.5. The molecule has 0 aliphatic heterocycles. The van der Waals surface area contributed by atoms with E-state index in [1.54, 1.807) is 13.0 Å². The number of hydrogen-bond donors (Lipinski definition) is 1. The summed E-state index contributed by atoms with van der Waals surface area (Å²) >= 11 is 0. The lowest BCUT2D eigenvalue weighted by molar-refractivity contribution is 0.154. The Morgan fingerprint density at radius 1 is 1.80 bits per heavy atom. The van der Waals surface area contributed by atoms with Gasteiger partial charge in [-0.05, 0) is 6.92 Å². The molecule has 0 aliphatic rings. The van der Waals surface area contributed by atoms with Crippen LogP contribution in [0.3, 0.4) is 0 Å². The van der Waals surface area contributed by atoms with Gasteiger partial charge in [-0.15, -0.1) is 0 Å². The molecule has 4 nitrogen and oxygen atoms in total. The van der Waals surface area contributed by atoms with Crippen molar-refractivity contribution in [1.29, 1.82) is 5.26 Å². The van der Waals surface area contributed by atoms with Gasteiger partial charge in [0.2, 0.25) is 0 Å². The highest BCUT2D eigenvalue weighted by Crippen LogP contribution is 1.70. The van der Waals surface area contributed by atoms with Gasteiger partial charge in [0.1, 0.15) is 0 Å². The molecular formula is C6H12N2O2. The molecule has 0 fully saturated rings. The monoisotopic (exact) mass is 144 g/mol. The van der Waals surface area contributed by atoms with Gasteiger partial charge in [0.05, 0.1) is 12.7 Å². The number of carbonyl (C=O) groups is 1. The van der Waals surface area contributed by atoms with E-state index in [2.05, 4.69) is 10.1 Å². The molecule has 0 aromatic carbocycles. The van der Waals surface area contributed by atoms with Crippen LogP contribution in [0, 0.1) is 11.3 Å². The predicted molar refractivity (Wildman–Crippen MR) is 37.4 cm³/mol. The minimum absolute atomic E-state index is 0.373. The standard InChI is InChI=1S/C4H9NO2.C2H3N/c1-3-7-4(6)5-2;1-2-3/h3H2,1-2H3,(H,5,6);1H3. The molecule has 0 unspecified atom stereocenters. The number of nitrogens with one attached hydrogen (secondary N) is 1. The molecule has 0 heterocycles. The zero-order valence-corrected chi connectivity index (χ0v) is 6.47. The number of carbonyl (C=O) groups excluding carboxylic acids is 1. The second-order valence-corrected chi connectivity index (χ2v) is 1.19. The molecule has 0 spiro atoms. The quantitative estimate of drug-likeness (QED) is 0.594. The lowest BCUT2D eigenvalue weighted by Gasteiger charge is -1.95. The van der Waals surface area contributed by atoms with Crippen molar-refractivity contribution in [2.24, 2.45) is 0 Å². The Kier molecular flexibility index (Phi) is 12.3. The van der Waals surface area contributed by atoms with E-state index >= 15 is 0 Å². The van der Waals surface area contributed by atoms with E-state index < -0.39 is 0 Å². The summed E-state index contributed by atoms with van der Waals surface area (Å²) < 4.78 is 4.44. The third-order valence-electron chi connectivity index (χ3n) is 0.480.